The van der Waals surface area contributed by atoms with Crippen LogP contribution in [0.5, 0.6) is 0 Å². The molecule has 122 valence electrons. The van der Waals surface area contributed by atoms with Crippen molar-refractivity contribution in [2.45, 2.75) is 88.8 Å². The van der Waals surface area contributed by atoms with Gasteiger partial charge in [-0.15, -0.1) is 0 Å². The Morgan fingerprint density at radius 3 is 2.81 bits per heavy atom. The summed E-state index contributed by atoms with van der Waals surface area (Å²) >= 11 is 5.01. The van der Waals surface area contributed by atoms with E-state index in [0.29, 0.717) is 6.04 Å². The topological polar surface area (TPSA) is 12.0 Å². The average Bonchev–Trinajstić information content (AvgIpc) is 2.70. The van der Waals surface area contributed by atoms with Crippen molar-refractivity contribution < 1.29 is 0 Å². The van der Waals surface area contributed by atoms with Gasteiger partial charge in [0.1, 0.15) is 0 Å². The van der Waals surface area contributed by atoms with Crippen molar-refractivity contribution in [3.63, 3.8) is 0 Å². The molecule has 1 aliphatic carbocycles. The smallest absolute Gasteiger partial charge is 0.0164 e. The molecule has 2 rings (SSSR count). The first kappa shape index (κ1) is 17.4. The van der Waals surface area contributed by atoms with Crippen LogP contribution in [0, 0.1) is 11.8 Å². The minimum atomic E-state index is 0.269. The molecule has 1 nitrogen and oxygen atoms in total. The zero-order valence-corrected chi connectivity index (χ0v) is 15.1. The van der Waals surface area contributed by atoms with Gasteiger partial charge in [0, 0.05) is 17.3 Å². The van der Waals surface area contributed by atoms with Crippen LogP contribution >= 0.6 is 12.6 Å². The highest BCUT2D eigenvalue weighted by Gasteiger charge is 2.41. The molecule has 1 N–H and O–H groups in total. The summed E-state index contributed by atoms with van der Waals surface area (Å²) in [4.78, 5) is 0. The number of hydrogen-bond acceptors (Lipinski definition) is 2. The first-order chi connectivity index (χ1) is 10.0. The van der Waals surface area contributed by atoms with Gasteiger partial charge in [-0.25, -0.2) is 0 Å². The number of rotatable bonds is 5. The predicted molar refractivity (Wildman–Crippen MR) is 97.1 cm³/mol. The van der Waals surface area contributed by atoms with Crippen LogP contribution in [0.4, 0.5) is 0 Å². The van der Waals surface area contributed by atoms with Gasteiger partial charge in [0.25, 0.3) is 0 Å². The fourth-order valence-electron chi connectivity index (χ4n) is 4.51. The third-order valence-corrected chi connectivity index (χ3v) is 6.40. The molecule has 0 aromatic carbocycles. The zero-order chi connectivity index (χ0) is 15.3. The van der Waals surface area contributed by atoms with E-state index in [4.69, 9.17) is 12.6 Å². The van der Waals surface area contributed by atoms with Crippen molar-refractivity contribution in [1.29, 1.82) is 0 Å². The van der Waals surface area contributed by atoms with Gasteiger partial charge in [-0.05, 0) is 56.8 Å². The lowest BCUT2D eigenvalue weighted by Gasteiger charge is -2.32. The Balaban J connectivity index is 1.85. The van der Waals surface area contributed by atoms with E-state index in [9.17, 15) is 0 Å². The standard InChI is InChI=1S/C19H35NS/c1-4-7-16-12-13-19(3,21)18(16)11-10-17-9-6-5-8-15(2)14-20-17/h16-18,20-21H,2,4-14H2,1,3H3. The Morgan fingerprint density at radius 2 is 2.05 bits per heavy atom. The molecule has 4 unspecified atom stereocenters. The van der Waals surface area contributed by atoms with Crippen molar-refractivity contribution in [3.8, 4) is 0 Å². The molecule has 4 atom stereocenters. The lowest BCUT2D eigenvalue weighted by molar-refractivity contribution is 0.283. The fraction of sp³-hybridized carbons (Fsp3) is 0.895. The SMILES string of the molecule is C=C1CCCCC(CCC2C(CCC)CCC2(C)S)NC1. The van der Waals surface area contributed by atoms with Crippen molar-refractivity contribution >= 4 is 12.6 Å². The Bertz CT molecular complexity index is 336. The van der Waals surface area contributed by atoms with Gasteiger partial charge < -0.3 is 5.32 Å². The maximum atomic E-state index is 5.01. The summed E-state index contributed by atoms with van der Waals surface area (Å²) in [5.41, 5.74) is 1.39. The van der Waals surface area contributed by atoms with Crippen LogP contribution in [0.3, 0.4) is 0 Å². The van der Waals surface area contributed by atoms with E-state index >= 15 is 0 Å². The molecule has 21 heavy (non-hydrogen) atoms. The molecule has 0 aromatic rings. The fourth-order valence-corrected chi connectivity index (χ4v) is 4.98. The highest BCUT2D eigenvalue weighted by atomic mass is 32.1. The maximum absolute atomic E-state index is 5.01. The van der Waals surface area contributed by atoms with Crippen molar-refractivity contribution in [3.05, 3.63) is 12.2 Å². The normalized spacial score (nSPS) is 38.2. The molecule has 1 saturated heterocycles. The Labute approximate surface area is 137 Å². The Hall–Kier alpha value is 0.0500. The molecule has 1 aliphatic heterocycles. The summed E-state index contributed by atoms with van der Waals surface area (Å²) in [6, 6.07) is 0.703. The summed E-state index contributed by atoms with van der Waals surface area (Å²) in [7, 11) is 0. The summed E-state index contributed by atoms with van der Waals surface area (Å²) in [5.74, 6) is 1.73. The van der Waals surface area contributed by atoms with Crippen molar-refractivity contribution in [2.75, 3.05) is 6.54 Å². The first-order valence-corrected chi connectivity index (χ1v) is 9.60. The highest BCUT2D eigenvalue weighted by molar-refractivity contribution is 7.81. The highest BCUT2D eigenvalue weighted by Crippen LogP contribution is 2.48. The van der Waals surface area contributed by atoms with Crippen LogP contribution < -0.4 is 5.32 Å². The molecule has 0 bridgehead atoms. The van der Waals surface area contributed by atoms with Crippen molar-refractivity contribution in [1.82, 2.24) is 5.32 Å². The number of nitrogens with one attached hydrogen (secondary N) is 1. The second-order valence-electron chi connectivity index (χ2n) is 7.70. The molecule has 2 aliphatic rings. The van der Waals surface area contributed by atoms with Crippen LogP contribution in [0.15, 0.2) is 12.2 Å². The van der Waals surface area contributed by atoms with E-state index < -0.39 is 0 Å². The zero-order valence-electron chi connectivity index (χ0n) is 14.2. The third kappa shape index (κ3) is 5.03. The summed E-state index contributed by atoms with van der Waals surface area (Å²) in [5, 5.41) is 3.75. The molecule has 0 spiro atoms. The summed E-state index contributed by atoms with van der Waals surface area (Å²) in [6.07, 6.45) is 13.4. The van der Waals surface area contributed by atoms with E-state index in [1.165, 1.54) is 69.8 Å². The van der Waals surface area contributed by atoms with Crippen LogP contribution in [-0.2, 0) is 0 Å². The van der Waals surface area contributed by atoms with E-state index in [0.717, 1.165) is 18.4 Å². The molecule has 1 heterocycles. The van der Waals surface area contributed by atoms with Gasteiger partial charge in [-0.3, -0.25) is 0 Å². The summed E-state index contributed by atoms with van der Waals surface area (Å²) < 4.78 is 0.269. The quantitative estimate of drug-likeness (QED) is 0.514. The minimum Gasteiger partial charge on any atom is -0.310 e. The van der Waals surface area contributed by atoms with Crippen LogP contribution in [-0.4, -0.2) is 17.3 Å². The monoisotopic (exact) mass is 309 g/mol. The molecule has 0 amide bonds. The average molecular weight is 310 g/mol. The van der Waals surface area contributed by atoms with Crippen LogP contribution in [0.1, 0.15) is 78.1 Å². The molecule has 2 fully saturated rings. The van der Waals surface area contributed by atoms with Crippen LogP contribution in [0.2, 0.25) is 0 Å². The molecular formula is C19H35NS. The minimum absolute atomic E-state index is 0.269. The molecular weight excluding hydrogens is 274 g/mol. The molecule has 0 aromatic heterocycles. The Kier molecular flexibility index (Phi) is 6.68. The lowest BCUT2D eigenvalue weighted by Crippen LogP contribution is -2.34. The van der Waals surface area contributed by atoms with Gasteiger partial charge >= 0.3 is 0 Å². The van der Waals surface area contributed by atoms with Crippen molar-refractivity contribution in [2.24, 2.45) is 11.8 Å². The summed E-state index contributed by atoms with van der Waals surface area (Å²) in [6.45, 7) is 9.91. The van der Waals surface area contributed by atoms with E-state index in [-0.39, 0.29) is 4.75 Å². The number of thiol groups is 1. The predicted octanol–water partition coefficient (Wildman–Crippen LogP) is 5.37. The van der Waals surface area contributed by atoms with E-state index in [2.05, 4.69) is 25.7 Å². The molecule has 1 saturated carbocycles. The second-order valence-corrected chi connectivity index (χ2v) is 8.72. The first-order valence-electron chi connectivity index (χ1n) is 9.15. The van der Waals surface area contributed by atoms with E-state index in [1.807, 2.05) is 0 Å². The largest absolute Gasteiger partial charge is 0.310 e. The lowest BCUT2D eigenvalue weighted by atomic mass is 9.82. The number of hydrogen-bond donors (Lipinski definition) is 2. The molecule has 0 radical (unpaired) electrons. The third-order valence-electron chi connectivity index (χ3n) is 5.85. The van der Waals surface area contributed by atoms with Gasteiger partial charge in [0.2, 0.25) is 0 Å². The molecule has 2 heteroatoms. The van der Waals surface area contributed by atoms with Gasteiger partial charge in [0.15, 0.2) is 0 Å². The van der Waals surface area contributed by atoms with Crippen LogP contribution in [0.25, 0.3) is 0 Å². The van der Waals surface area contributed by atoms with Gasteiger partial charge in [0.05, 0.1) is 0 Å². The van der Waals surface area contributed by atoms with Gasteiger partial charge in [-0.2, -0.15) is 12.6 Å². The maximum Gasteiger partial charge on any atom is 0.0164 e. The second kappa shape index (κ2) is 8.06. The van der Waals surface area contributed by atoms with E-state index in [1.54, 1.807) is 0 Å². The Morgan fingerprint density at radius 1 is 1.24 bits per heavy atom. The van der Waals surface area contributed by atoms with Gasteiger partial charge in [-0.1, -0.05) is 45.3 Å².